The monoisotopic (exact) mass is 429 g/mol. The number of nitrogens with one attached hydrogen (secondary N) is 2. The van der Waals surface area contributed by atoms with Crippen LogP contribution in [0, 0.1) is 13.8 Å². The first-order valence-corrected chi connectivity index (χ1v) is 10.5. The van der Waals surface area contributed by atoms with Crippen LogP contribution in [-0.2, 0) is 16.8 Å². The van der Waals surface area contributed by atoms with Crippen LogP contribution in [0.2, 0.25) is 5.02 Å². The van der Waals surface area contributed by atoms with Gasteiger partial charge in [0.2, 0.25) is 0 Å². The zero-order chi connectivity index (χ0) is 22.4. The molecule has 6 nitrogen and oxygen atoms in total. The van der Waals surface area contributed by atoms with Crippen molar-refractivity contribution in [1.29, 1.82) is 0 Å². The van der Waals surface area contributed by atoms with Crippen molar-refractivity contribution in [2.24, 2.45) is 0 Å². The molecule has 0 bridgehead atoms. The number of ketones is 1. The maximum Gasteiger partial charge on any atom is 0.292 e. The first kappa shape index (κ1) is 22.1. The van der Waals surface area contributed by atoms with Gasteiger partial charge >= 0.3 is 0 Å². The Labute approximate surface area is 182 Å². The third-order valence-corrected chi connectivity index (χ3v) is 6.00. The molecule has 7 heteroatoms. The number of fused-ring (bicyclic) bond motifs is 1. The van der Waals surface area contributed by atoms with Crippen LogP contribution in [0.5, 0.6) is 0 Å². The lowest BCUT2D eigenvalue weighted by atomic mass is 9.97. The number of aromatic nitrogens is 1. The Balaban J connectivity index is 2.06. The summed E-state index contributed by atoms with van der Waals surface area (Å²) >= 11 is 6.19. The first-order valence-electron chi connectivity index (χ1n) is 10.1. The van der Waals surface area contributed by atoms with E-state index in [1.807, 2.05) is 31.4 Å². The van der Waals surface area contributed by atoms with Gasteiger partial charge in [0.25, 0.3) is 17.6 Å². The van der Waals surface area contributed by atoms with Gasteiger partial charge < -0.3 is 15.2 Å². The molecule has 0 aliphatic carbocycles. The van der Waals surface area contributed by atoms with Crippen LogP contribution in [0.4, 0.5) is 5.69 Å². The molecule has 1 aliphatic heterocycles. The van der Waals surface area contributed by atoms with Crippen LogP contribution in [0.15, 0.2) is 18.2 Å². The third-order valence-electron chi connectivity index (χ3n) is 5.59. The van der Waals surface area contributed by atoms with Crippen LogP contribution < -0.4 is 10.6 Å². The Kier molecular flexibility index (Phi) is 5.83. The molecule has 1 aromatic heterocycles. The summed E-state index contributed by atoms with van der Waals surface area (Å²) in [6, 6.07) is 5.17. The summed E-state index contributed by atoms with van der Waals surface area (Å²) in [6.07, 6.45) is 1.42. The van der Waals surface area contributed by atoms with E-state index in [0.717, 1.165) is 17.7 Å². The Hall–Kier alpha value is -2.60. The molecular weight excluding hydrogens is 402 g/mol. The van der Waals surface area contributed by atoms with Gasteiger partial charge in [-0.3, -0.25) is 14.4 Å². The molecule has 3 rings (SSSR count). The minimum Gasteiger partial charge on any atom is -0.347 e. The van der Waals surface area contributed by atoms with Crippen molar-refractivity contribution >= 4 is 34.9 Å². The molecule has 0 atom stereocenters. The quantitative estimate of drug-likeness (QED) is 0.546. The van der Waals surface area contributed by atoms with E-state index in [1.165, 1.54) is 0 Å². The summed E-state index contributed by atoms with van der Waals surface area (Å²) in [7, 11) is 0. The van der Waals surface area contributed by atoms with Crippen molar-refractivity contribution in [2.45, 2.75) is 66.0 Å². The van der Waals surface area contributed by atoms with Gasteiger partial charge in [-0.2, -0.15) is 0 Å². The number of benzene rings is 1. The normalized spacial score (nSPS) is 14.5. The van der Waals surface area contributed by atoms with E-state index in [-0.39, 0.29) is 17.5 Å². The first-order chi connectivity index (χ1) is 13.9. The smallest absolute Gasteiger partial charge is 0.292 e. The second-order valence-corrected chi connectivity index (χ2v) is 9.23. The average molecular weight is 430 g/mol. The average Bonchev–Trinajstić information content (AvgIpc) is 3.10. The van der Waals surface area contributed by atoms with Gasteiger partial charge in [-0.1, -0.05) is 17.7 Å². The molecule has 2 aromatic rings. The standard InChI is InChI=1S/C23H28ClN3O3/c1-12(2)25-22(30)20(28)18-14(4)19(27-17(18)9-10-23(27,5)6)21(29)26-15-8-7-13(3)16(24)11-15/h7-8,11-12H,9-10H2,1-6H3,(H,25,30)(H,26,29). The van der Waals surface area contributed by atoms with Gasteiger partial charge in [0.15, 0.2) is 0 Å². The molecule has 0 fully saturated rings. The van der Waals surface area contributed by atoms with Gasteiger partial charge in [-0.15, -0.1) is 0 Å². The summed E-state index contributed by atoms with van der Waals surface area (Å²) in [5, 5.41) is 6.11. The number of hydrogen-bond donors (Lipinski definition) is 2. The van der Waals surface area contributed by atoms with Crippen molar-refractivity contribution < 1.29 is 14.4 Å². The van der Waals surface area contributed by atoms with Crippen molar-refractivity contribution in [3.8, 4) is 0 Å². The Morgan fingerprint density at radius 2 is 1.83 bits per heavy atom. The van der Waals surface area contributed by atoms with E-state index < -0.39 is 11.7 Å². The number of Topliss-reactive ketones (excluding diaryl/α,β-unsaturated/α-hetero) is 1. The summed E-state index contributed by atoms with van der Waals surface area (Å²) in [5.74, 6) is -1.57. The topological polar surface area (TPSA) is 80.2 Å². The fourth-order valence-electron chi connectivity index (χ4n) is 4.07. The lowest BCUT2D eigenvalue weighted by Crippen LogP contribution is -2.36. The van der Waals surface area contributed by atoms with Crippen molar-refractivity contribution in [3.63, 3.8) is 0 Å². The van der Waals surface area contributed by atoms with Gasteiger partial charge in [0.05, 0.1) is 5.56 Å². The van der Waals surface area contributed by atoms with Crippen molar-refractivity contribution in [1.82, 2.24) is 9.88 Å². The van der Waals surface area contributed by atoms with E-state index in [0.29, 0.717) is 34.0 Å². The highest BCUT2D eigenvalue weighted by molar-refractivity contribution is 6.43. The van der Waals surface area contributed by atoms with Gasteiger partial charge in [-0.25, -0.2) is 0 Å². The molecule has 30 heavy (non-hydrogen) atoms. The predicted molar refractivity (Wildman–Crippen MR) is 119 cm³/mol. The van der Waals surface area contributed by atoms with Crippen LogP contribution in [-0.4, -0.2) is 28.2 Å². The molecule has 1 aliphatic rings. The number of nitrogens with zero attached hydrogens (tertiary/aromatic N) is 1. The Morgan fingerprint density at radius 1 is 1.17 bits per heavy atom. The highest BCUT2D eigenvalue weighted by Gasteiger charge is 2.40. The zero-order valence-electron chi connectivity index (χ0n) is 18.3. The van der Waals surface area contributed by atoms with E-state index in [9.17, 15) is 14.4 Å². The SMILES string of the molecule is Cc1ccc(NC(=O)c2c(C)c(C(=O)C(=O)NC(C)C)c3n2C(C)(C)CC3)cc1Cl. The lowest BCUT2D eigenvalue weighted by molar-refractivity contribution is -0.117. The number of hydrogen-bond acceptors (Lipinski definition) is 3. The Bertz CT molecular complexity index is 1050. The van der Waals surface area contributed by atoms with Crippen LogP contribution in [0.25, 0.3) is 0 Å². The van der Waals surface area contributed by atoms with Gasteiger partial charge in [0.1, 0.15) is 5.69 Å². The fourth-order valence-corrected chi connectivity index (χ4v) is 4.25. The summed E-state index contributed by atoms with van der Waals surface area (Å²) in [4.78, 5) is 38.7. The number of amides is 2. The fraction of sp³-hybridized carbons (Fsp3) is 0.435. The maximum atomic E-state index is 13.3. The number of rotatable bonds is 5. The largest absolute Gasteiger partial charge is 0.347 e. The Morgan fingerprint density at radius 3 is 2.43 bits per heavy atom. The molecule has 0 unspecified atom stereocenters. The van der Waals surface area contributed by atoms with Crippen LogP contribution >= 0.6 is 11.6 Å². The van der Waals surface area contributed by atoms with E-state index >= 15 is 0 Å². The molecule has 2 amide bonds. The molecule has 2 N–H and O–H groups in total. The van der Waals surface area contributed by atoms with E-state index in [1.54, 1.807) is 32.9 Å². The third kappa shape index (κ3) is 3.88. The molecule has 0 saturated carbocycles. The molecule has 0 spiro atoms. The number of anilines is 1. The van der Waals surface area contributed by atoms with Crippen LogP contribution in [0.3, 0.4) is 0 Å². The molecule has 0 radical (unpaired) electrons. The van der Waals surface area contributed by atoms with Gasteiger partial charge in [-0.05, 0) is 77.6 Å². The van der Waals surface area contributed by atoms with E-state index in [4.69, 9.17) is 11.6 Å². The lowest BCUT2D eigenvalue weighted by Gasteiger charge is -2.24. The molecule has 0 saturated heterocycles. The highest BCUT2D eigenvalue weighted by Crippen LogP contribution is 2.39. The summed E-state index contributed by atoms with van der Waals surface area (Å²) in [6.45, 7) is 11.3. The number of aryl methyl sites for hydroxylation is 1. The number of carbonyl (C=O) groups excluding carboxylic acids is 3. The molecular formula is C23H28ClN3O3. The number of halogens is 1. The second kappa shape index (κ2) is 7.91. The van der Waals surface area contributed by atoms with Crippen molar-refractivity contribution in [2.75, 3.05) is 5.32 Å². The maximum absolute atomic E-state index is 13.3. The van der Waals surface area contributed by atoms with E-state index in [2.05, 4.69) is 10.6 Å². The summed E-state index contributed by atoms with van der Waals surface area (Å²) in [5.41, 5.74) is 3.16. The van der Waals surface area contributed by atoms with Crippen LogP contribution in [0.1, 0.15) is 71.8 Å². The minimum atomic E-state index is -0.650. The zero-order valence-corrected chi connectivity index (χ0v) is 19.0. The molecule has 160 valence electrons. The molecule has 2 heterocycles. The minimum absolute atomic E-state index is 0.150. The van der Waals surface area contributed by atoms with Crippen molar-refractivity contribution in [3.05, 3.63) is 51.3 Å². The second-order valence-electron chi connectivity index (χ2n) is 8.82. The van der Waals surface area contributed by atoms with Gasteiger partial charge in [0, 0.05) is 28.0 Å². The number of carbonyl (C=O) groups is 3. The summed E-state index contributed by atoms with van der Waals surface area (Å²) < 4.78 is 1.92. The highest BCUT2D eigenvalue weighted by atomic mass is 35.5. The predicted octanol–water partition coefficient (Wildman–Crippen LogP) is 4.40. The molecule has 1 aromatic carbocycles.